The van der Waals surface area contributed by atoms with Crippen LogP contribution in [0.3, 0.4) is 0 Å². The van der Waals surface area contributed by atoms with Crippen molar-refractivity contribution in [3.63, 3.8) is 0 Å². The first-order chi connectivity index (χ1) is 15.4. The van der Waals surface area contributed by atoms with Crippen molar-refractivity contribution < 1.29 is 9.21 Å². The molecule has 9 heteroatoms. The van der Waals surface area contributed by atoms with Gasteiger partial charge in [0.2, 0.25) is 0 Å². The summed E-state index contributed by atoms with van der Waals surface area (Å²) in [7, 11) is 1.54. The topological polar surface area (TPSA) is 94.9 Å². The van der Waals surface area contributed by atoms with Gasteiger partial charge in [-0.2, -0.15) is 5.10 Å². The summed E-state index contributed by atoms with van der Waals surface area (Å²) in [6, 6.07) is 12.6. The Morgan fingerprint density at radius 1 is 1.12 bits per heavy atom. The second kappa shape index (κ2) is 7.61. The molecule has 8 nitrogen and oxygen atoms in total. The molecule has 160 valence electrons. The third kappa shape index (κ3) is 3.23. The number of carbonyl (C=O) groups is 1. The van der Waals surface area contributed by atoms with E-state index < -0.39 is 5.91 Å². The number of hydrogen-bond donors (Lipinski definition) is 1. The summed E-state index contributed by atoms with van der Waals surface area (Å²) < 4.78 is 8.33. The highest BCUT2D eigenvalue weighted by molar-refractivity contribution is 7.13. The van der Waals surface area contributed by atoms with E-state index in [2.05, 4.69) is 15.5 Å². The van der Waals surface area contributed by atoms with Crippen LogP contribution in [0.25, 0.3) is 32.8 Å². The third-order valence-electron chi connectivity index (χ3n) is 5.33. The predicted octanol–water partition coefficient (Wildman–Crippen LogP) is 4.12. The van der Waals surface area contributed by atoms with Crippen molar-refractivity contribution >= 4 is 28.0 Å². The number of amides is 1. The highest BCUT2D eigenvalue weighted by Gasteiger charge is 2.20. The highest BCUT2D eigenvalue weighted by atomic mass is 32.1. The quantitative estimate of drug-likeness (QED) is 0.449. The summed E-state index contributed by atoms with van der Waals surface area (Å²) in [5.74, 6) is 0.315. The lowest BCUT2D eigenvalue weighted by Gasteiger charge is -2.13. The van der Waals surface area contributed by atoms with Gasteiger partial charge in [0.05, 0.1) is 17.3 Å². The van der Waals surface area contributed by atoms with Crippen molar-refractivity contribution in [2.75, 3.05) is 5.43 Å². The summed E-state index contributed by atoms with van der Waals surface area (Å²) in [5.41, 5.74) is 6.25. The number of furan rings is 1. The molecule has 0 radical (unpaired) electrons. The molecule has 32 heavy (non-hydrogen) atoms. The van der Waals surface area contributed by atoms with Gasteiger partial charge >= 0.3 is 0 Å². The van der Waals surface area contributed by atoms with Crippen molar-refractivity contribution in [1.82, 2.24) is 19.4 Å². The van der Waals surface area contributed by atoms with E-state index in [1.165, 1.54) is 23.1 Å². The van der Waals surface area contributed by atoms with E-state index >= 15 is 0 Å². The predicted molar refractivity (Wildman–Crippen MR) is 123 cm³/mol. The van der Waals surface area contributed by atoms with Crippen LogP contribution < -0.4 is 11.0 Å². The average molecular weight is 446 g/mol. The highest BCUT2D eigenvalue weighted by Crippen LogP contribution is 2.32. The molecule has 4 aromatic heterocycles. The van der Waals surface area contributed by atoms with Gasteiger partial charge in [-0.1, -0.05) is 18.2 Å². The van der Waals surface area contributed by atoms with E-state index in [0.717, 1.165) is 33.4 Å². The van der Waals surface area contributed by atoms with E-state index in [9.17, 15) is 9.59 Å². The molecule has 0 aliphatic carbocycles. The van der Waals surface area contributed by atoms with Crippen LogP contribution in [0.15, 0.2) is 63.3 Å². The van der Waals surface area contributed by atoms with Crippen molar-refractivity contribution in [3.8, 4) is 22.0 Å². The van der Waals surface area contributed by atoms with Crippen LogP contribution >= 0.6 is 11.3 Å². The number of aryl methyl sites for hydroxylation is 2. The van der Waals surface area contributed by atoms with Crippen LogP contribution in [0.5, 0.6) is 0 Å². The number of rotatable bonds is 4. The monoisotopic (exact) mass is 445 g/mol. The van der Waals surface area contributed by atoms with Gasteiger partial charge in [-0.15, -0.1) is 11.3 Å². The Labute approximate surface area is 186 Å². The second-order valence-corrected chi connectivity index (χ2v) is 8.26. The molecule has 0 saturated heterocycles. The number of benzene rings is 1. The molecule has 1 amide bonds. The van der Waals surface area contributed by atoms with Gasteiger partial charge in [0, 0.05) is 34.8 Å². The lowest BCUT2D eigenvalue weighted by Crippen LogP contribution is -2.29. The van der Waals surface area contributed by atoms with Gasteiger partial charge in [0.1, 0.15) is 0 Å². The second-order valence-electron chi connectivity index (χ2n) is 7.40. The fraction of sp³-hybridized carbons (Fsp3) is 0.130. The number of nitrogens with one attached hydrogen (secondary N) is 1. The number of hydrogen-bond acceptors (Lipinski definition) is 6. The Kier molecular flexibility index (Phi) is 4.75. The first-order valence-electron chi connectivity index (χ1n) is 9.90. The third-order valence-corrected chi connectivity index (χ3v) is 6.19. The molecule has 5 aromatic rings. The van der Waals surface area contributed by atoms with Gasteiger partial charge in [-0.3, -0.25) is 19.7 Å². The zero-order valence-corrected chi connectivity index (χ0v) is 18.4. The van der Waals surface area contributed by atoms with Crippen molar-refractivity contribution in [1.29, 1.82) is 0 Å². The maximum atomic E-state index is 13.2. The minimum atomic E-state index is -0.403. The van der Waals surface area contributed by atoms with Crippen molar-refractivity contribution in [2.45, 2.75) is 13.8 Å². The molecule has 0 unspecified atom stereocenters. The molecule has 0 aliphatic rings. The number of fused-ring (bicyclic) bond motifs is 1. The van der Waals surface area contributed by atoms with Gasteiger partial charge in [-0.25, -0.2) is 9.67 Å². The van der Waals surface area contributed by atoms with E-state index in [0.29, 0.717) is 10.8 Å². The van der Waals surface area contributed by atoms with Crippen LogP contribution in [0, 0.1) is 13.8 Å². The summed E-state index contributed by atoms with van der Waals surface area (Å²) in [6.07, 6.45) is 1.62. The van der Waals surface area contributed by atoms with Gasteiger partial charge < -0.3 is 4.42 Å². The molecule has 0 aliphatic heterocycles. The normalized spacial score (nSPS) is 11.2. The molecule has 1 N–H and O–H groups in total. The van der Waals surface area contributed by atoms with Crippen molar-refractivity contribution in [3.05, 3.63) is 81.5 Å². The molecule has 0 fully saturated rings. The largest absolute Gasteiger partial charge is 0.462 e. The van der Waals surface area contributed by atoms with Crippen LogP contribution in [0.1, 0.15) is 21.9 Å². The van der Waals surface area contributed by atoms with E-state index in [4.69, 9.17) is 4.42 Å². The zero-order valence-electron chi connectivity index (χ0n) is 17.6. The van der Waals surface area contributed by atoms with Crippen molar-refractivity contribution in [2.24, 2.45) is 7.05 Å². The molecular weight excluding hydrogens is 426 g/mol. The number of nitrogens with zero attached hydrogens (tertiary/aromatic N) is 4. The molecular formula is C23H19N5O3S. The van der Waals surface area contributed by atoms with Crippen LogP contribution in [-0.2, 0) is 7.05 Å². The minimum absolute atomic E-state index is 0.186. The Bertz CT molecular complexity index is 1530. The van der Waals surface area contributed by atoms with Crippen LogP contribution in [-0.4, -0.2) is 25.3 Å². The first kappa shape index (κ1) is 20.0. The Morgan fingerprint density at radius 3 is 2.66 bits per heavy atom. The Balaban J connectivity index is 1.51. The van der Waals surface area contributed by atoms with E-state index in [1.807, 2.05) is 37.4 Å². The lowest BCUT2D eigenvalue weighted by molar-refractivity contribution is 0.100. The summed E-state index contributed by atoms with van der Waals surface area (Å²) in [5, 5.41) is 7.93. The Morgan fingerprint density at radius 2 is 1.91 bits per heavy atom. The van der Waals surface area contributed by atoms with E-state index in [1.54, 1.807) is 35.2 Å². The maximum absolute atomic E-state index is 13.2. The number of carbonyl (C=O) groups excluding carboxylic acids is 1. The SMILES string of the molecule is Cc1cc(-c2csc(-c3ccco3)n2)c(C)n1NC(=O)c1nn(C)c(=O)c2ccccc12. The standard InChI is InChI=1S/C23H19N5O3S/c1-13-11-17(18-12-32-22(24-18)19-9-6-10-31-19)14(2)28(13)26-21(29)20-15-7-4-5-8-16(15)23(30)27(3)25-20/h4-12H,1-3H3,(H,26,29). The van der Waals surface area contributed by atoms with Gasteiger partial charge in [-0.05, 0) is 38.1 Å². The molecule has 0 spiro atoms. The lowest BCUT2D eigenvalue weighted by atomic mass is 10.1. The Hall–Kier alpha value is -3.98. The fourth-order valence-electron chi connectivity index (χ4n) is 3.73. The summed E-state index contributed by atoms with van der Waals surface area (Å²) >= 11 is 1.50. The molecule has 4 heterocycles. The number of thiazole rings is 1. The average Bonchev–Trinajstić information content (AvgIpc) is 3.53. The summed E-state index contributed by atoms with van der Waals surface area (Å²) in [4.78, 5) is 30.2. The first-order valence-corrected chi connectivity index (χ1v) is 10.8. The molecule has 0 bridgehead atoms. The molecule has 1 aromatic carbocycles. The maximum Gasteiger partial charge on any atom is 0.291 e. The fourth-order valence-corrected chi connectivity index (χ4v) is 4.51. The summed E-state index contributed by atoms with van der Waals surface area (Å²) in [6.45, 7) is 3.82. The zero-order chi connectivity index (χ0) is 22.4. The van der Waals surface area contributed by atoms with E-state index in [-0.39, 0.29) is 11.3 Å². The van der Waals surface area contributed by atoms with Crippen LogP contribution in [0.4, 0.5) is 0 Å². The smallest absolute Gasteiger partial charge is 0.291 e. The minimum Gasteiger partial charge on any atom is -0.462 e. The van der Waals surface area contributed by atoms with Gasteiger partial charge in [0.15, 0.2) is 16.5 Å². The molecule has 0 saturated carbocycles. The van der Waals surface area contributed by atoms with Crippen LogP contribution in [0.2, 0.25) is 0 Å². The number of aromatic nitrogens is 4. The molecule has 0 atom stereocenters. The van der Waals surface area contributed by atoms with Gasteiger partial charge in [0.25, 0.3) is 11.5 Å². The molecule has 5 rings (SSSR count).